The van der Waals surface area contributed by atoms with E-state index in [0.717, 1.165) is 35.7 Å². The number of anilines is 2. The molecule has 1 unspecified atom stereocenters. The number of aryl methyl sites for hydroxylation is 1. The molecule has 1 aliphatic carbocycles. The molecule has 0 radical (unpaired) electrons. The van der Waals surface area contributed by atoms with Crippen molar-refractivity contribution in [1.82, 2.24) is 0 Å². The lowest BCUT2D eigenvalue weighted by Gasteiger charge is -2.35. The first-order valence-corrected chi connectivity index (χ1v) is 9.30. The van der Waals surface area contributed by atoms with Crippen LogP contribution in [0.15, 0.2) is 84.0 Å². The second kappa shape index (κ2) is 6.47. The number of rotatable bonds is 3. The predicted octanol–water partition coefficient (Wildman–Crippen LogP) is 4.66. The van der Waals surface area contributed by atoms with Crippen molar-refractivity contribution in [3.05, 3.63) is 90.0 Å². The molecule has 4 nitrogen and oxygen atoms in total. The lowest BCUT2D eigenvalue weighted by Crippen LogP contribution is -2.45. The van der Waals surface area contributed by atoms with E-state index in [-0.39, 0.29) is 6.04 Å². The topological polar surface area (TPSA) is 28.1 Å². The van der Waals surface area contributed by atoms with E-state index < -0.39 is 0 Å². The molecule has 134 valence electrons. The fraction of sp³-hybridized carbons (Fsp3) is 0.174. The molecule has 4 heteroatoms. The average Bonchev–Trinajstić information content (AvgIpc) is 3.14. The molecule has 0 fully saturated rings. The Labute approximate surface area is 159 Å². The van der Waals surface area contributed by atoms with E-state index in [2.05, 4.69) is 71.7 Å². The second-order valence-electron chi connectivity index (χ2n) is 6.86. The number of hydrogen-bond acceptors (Lipinski definition) is 4. The Hall–Kier alpha value is -3.27. The number of methoxy groups -OCH3 is 1. The molecule has 1 atom stereocenters. The summed E-state index contributed by atoms with van der Waals surface area (Å²) in [6.45, 7) is 0. The van der Waals surface area contributed by atoms with E-state index in [0.29, 0.717) is 0 Å². The van der Waals surface area contributed by atoms with Crippen LogP contribution in [0.1, 0.15) is 17.5 Å². The molecule has 2 aliphatic rings. The summed E-state index contributed by atoms with van der Waals surface area (Å²) in [5.74, 6) is 0.847. The molecular formula is C23H21N3O. The number of hydrazine groups is 1. The zero-order chi connectivity index (χ0) is 18.2. The number of benzene rings is 3. The molecule has 1 aliphatic heterocycles. The maximum Gasteiger partial charge on any atom is 0.119 e. The molecule has 5 rings (SSSR count). The zero-order valence-corrected chi connectivity index (χ0v) is 15.2. The first-order valence-electron chi connectivity index (χ1n) is 9.30. The van der Waals surface area contributed by atoms with Gasteiger partial charge in [0.15, 0.2) is 0 Å². The fourth-order valence-corrected chi connectivity index (χ4v) is 4.01. The Morgan fingerprint density at radius 2 is 1.59 bits per heavy atom. The molecule has 3 aromatic rings. The van der Waals surface area contributed by atoms with Crippen molar-refractivity contribution in [2.75, 3.05) is 17.2 Å². The van der Waals surface area contributed by atoms with Gasteiger partial charge >= 0.3 is 0 Å². The molecule has 0 saturated carbocycles. The van der Waals surface area contributed by atoms with Crippen molar-refractivity contribution in [3.63, 3.8) is 0 Å². The summed E-state index contributed by atoms with van der Waals surface area (Å²) in [6.07, 6.45) is 2.12. The van der Waals surface area contributed by atoms with E-state index >= 15 is 0 Å². The molecule has 0 N–H and O–H groups in total. The number of fused-ring (bicyclic) bond motifs is 3. The smallest absolute Gasteiger partial charge is 0.119 e. The number of ether oxygens (including phenoxy) is 1. The maximum atomic E-state index is 5.32. The molecule has 0 bridgehead atoms. The SMILES string of the molecule is COc1ccc(N2N=C3c4ccccc4CCC3N2c2ccccc2)cc1. The number of nitrogens with zero attached hydrogens (tertiary/aromatic N) is 3. The van der Waals surface area contributed by atoms with Crippen molar-refractivity contribution in [2.45, 2.75) is 18.9 Å². The Balaban J connectivity index is 1.63. The van der Waals surface area contributed by atoms with Crippen LogP contribution >= 0.6 is 0 Å². The normalized spacial score (nSPS) is 18.0. The van der Waals surface area contributed by atoms with Crippen LogP contribution in [0.5, 0.6) is 5.75 Å². The van der Waals surface area contributed by atoms with Gasteiger partial charge in [-0.25, -0.2) is 0 Å². The highest BCUT2D eigenvalue weighted by molar-refractivity contribution is 6.10. The minimum absolute atomic E-state index is 0.240. The highest BCUT2D eigenvalue weighted by atomic mass is 16.5. The third-order valence-electron chi connectivity index (χ3n) is 5.32. The van der Waals surface area contributed by atoms with Gasteiger partial charge in [0.2, 0.25) is 0 Å². The minimum Gasteiger partial charge on any atom is -0.497 e. The molecule has 1 heterocycles. The van der Waals surface area contributed by atoms with Crippen molar-refractivity contribution >= 4 is 17.1 Å². The van der Waals surface area contributed by atoms with Crippen molar-refractivity contribution in [1.29, 1.82) is 0 Å². The van der Waals surface area contributed by atoms with Gasteiger partial charge in [0.05, 0.1) is 30.2 Å². The first-order chi connectivity index (χ1) is 13.3. The highest BCUT2D eigenvalue weighted by Gasteiger charge is 2.39. The molecule has 0 aromatic heterocycles. The van der Waals surface area contributed by atoms with E-state index in [4.69, 9.17) is 9.84 Å². The van der Waals surface area contributed by atoms with Gasteiger partial charge in [0.25, 0.3) is 0 Å². The van der Waals surface area contributed by atoms with Crippen molar-refractivity contribution in [2.24, 2.45) is 5.10 Å². The predicted molar refractivity (Wildman–Crippen MR) is 109 cm³/mol. The quantitative estimate of drug-likeness (QED) is 0.684. The molecule has 27 heavy (non-hydrogen) atoms. The summed E-state index contributed by atoms with van der Waals surface area (Å²) in [4.78, 5) is 0. The lowest BCUT2D eigenvalue weighted by molar-refractivity contribution is 0.415. The third-order valence-corrected chi connectivity index (χ3v) is 5.32. The van der Waals surface area contributed by atoms with Crippen LogP contribution in [-0.2, 0) is 6.42 Å². The third kappa shape index (κ3) is 2.65. The van der Waals surface area contributed by atoms with Crippen LogP contribution in [0.2, 0.25) is 0 Å². The van der Waals surface area contributed by atoms with E-state index in [9.17, 15) is 0 Å². The van der Waals surface area contributed by atoms with Crippen molar-refractivity contribution < 1.29 is 4.74 Å². The van der Waals surface area contributed by atoms with Crippen LogP contribution in [0.3, 0.4) is 0 Å². The second-order valence-corrected chi connectivity index (χ2v) is 6.86. The Kier molecular flexibility index (Phi) is 3.82. The summed E-state index contributed by atoms with van der Waals surface area (Å²) in [5, 5.41) is 9.42. The van der Waals surface area contributed by atoms with Gasteiger partial charge in [-0.2, -0.15) is 10.2 Å². The number of hydrogen-bond donors (Lipinski definition) is 0. The summed E-state index contributed by atoms with van der Waals surface area (Å²) in [6, 6.07) is 27.5. The van der Waals surface area contributed by atoms with Gasteiger partial charge in [-0.1, -0.05) is 42.5 Å². The van der Waals surface area contributed by atoms with Crippen LogP contribution in [0, 0.1) is 0 Å². The van der Waals surface area contributed by atoms with E-state index in [1.54, 1.807) is 7.11 Å². The van der Waals surface area contributed by atoms with Gasteiger partial charge < -0.3 is 4.74 Å². The molecule has 0 spiro atoms. The van der Waals surface area contributed by atoms with Gasteiger partial charge in [-0.3, -0.25) is 5.01 Å². The monoisotopic (exact) mass is 355 g/mol. The standard InChI is InChI=1S/C23H21N3O/c1-27-20-14-12-19(13-15-20)26-24-23-21-10-6-5-7-17(21)11-16-22(23)25(26)18-8-3-2-4-9-18/h2-10,12-15,22H,11,16H2,1H3. The maximum absolute atomic E-state index is 5.32. The average molecular weight is 355 g/mol. The van der Waals surface area contributed by atoms with Crippen LogP contribution in [0.25, 0.3) is 0 Å². The lowest BCUT2D eigenvalue weighted by atomic mass is 9.86. The Bertz CT molecular complexity index is 982. The summed E-state index contributed by atoms with van der Waals surface area (Å²) >= 11 is 0. The van der Waals surface area contributed by atoms with Gasteiger partial charge in [-0.15, -0.1) is 0 Å². The molecule has 3 aromatic carbocycles. The van der Waals surface area contributed by atoms with Crippen LogP contribution in [-0.4, -0.2) is 18.9 Å². The largest absolute Gasteiger partial charge is 0.497 e. The Morgan fingerprint density at radius 1 is 0.852 bits per heavy atom. The van der Waals surface area contributed by atoms with Crippen molar-refractivity contribution in [3.8, 4) is 5.75 Å². The van der Waals surface area contributed by atoms with E-state index in [1.807, 2.05) is 17.3 Å². The summed E-state index contributed by atoms with van der Waals surface area (Å²) < 4.78 is 5.32. The Morgan fingerprint density at radius 3 is 2.37 bits per heavy atom. The zero-order valence-electron chi connectivity index (χ0n) is 15.2. The first kappa shape index (κ1) is 15.9. The molecule has 0 amide bonds. The molecule has 0 saturated heterocycles. The van der Waals surface area contributed by atoms with E-state index in [1.165, 1.54) is 11.1 Å². The number of para-hydroxylation sites is 1. The van der Waals surface area contributed by atoms with Crippen LogP contribution < -0.4 is 14.9 Å². The summed E-state index contributed by atoms with van der Waals surface area (Å²) in [5.41, 5.74) is 5.98. The summed E-state index contributed by atoms with van der Waals surface area (Å²) in [7, 11) is 1.69. The van der Waals surface area contributed by atoms with Crippen LogP contribution in [0.4, 0.5) is 11.4 Å². The van der Waals surface area contributed by atoms with Gasteiger partial charge in [-0.05, 0) is 54.8 Å². The highest BCUT2D eigenvalue weighted by Crippen LogP contribution is 2.37. The fourth-order valence-electron chi connectivity index (χ4n) is 4.01. The number of hydrazone groups is 1. The molecular weight excluding hydrogens is 334 g/mol. The van der Waals surface area contributed by atoms with Gasteiger partial charge in [0.1, 0.15) is 5.75 Å². The van der Waals surface area contributed by atoms with Gasteiger partial charge in [0, 0.05) is 5.56 Å². The minimum atomic E-state index is 0.240.